The van der Waals surface area contributed by atoms with E-state index in [0.29, 0.717) is 0 Å². The maximum absolute atomic E-state index is 14.4. The summed E-state index contributed by atoms with van der Waals surface area (Å²) in [4.78, 5) is 0. The quantitative estimate of drug-likeness (QED) is 0.808. The van der Waals surface area contributed by atoms with Crippen LogP contribution in [0.3, 0.4) is 0 Å². The highest BCUT2D eigenvalue weighted by atomic mass is 19.1. The van der Waals surface area contributed by atoms with Crippen LogP contribution >= 0.6 is 0 Å². The van der Waals surface area contributed by atoms with Crippen molar-refractivity contribution in [1.82, 2.24) is 5.32 Å². The highest BCUT2D eigenvalue weighted by Crippen LogP contribution is 2.34. The molecule has 1 atom stereocenters. The first kappa shape index (κ1) is 11.6. The van der Waals surface area contributed by atoms with Crippen molar-refractivity contribution in [3.63, 3.8) is 0 Å². The van der Waals surface area contributed by atoms with Gasteiger partial charge in [0.15, 0.2) is 0 Å². The third-order valence-corrected chi connectivity index (χ3v) is 3.53. The van der Waals surface area contributed by atoms with E-state index in [1.54, 1.807) is 0 Å². The van der Waals surface area contributed by atoms with Crippen molar-refractivity contribution < 1.29 is 4.39 Å². The van der Waals surface area contributed by atoms with Gasteiger partial charge in [-0.15, -0.1) is 0 Å². The Morgan fingerprint density at radius 3 is 2.62 bits per heavy atom. The van der Waals surface area contributed by atoms with Crippen molar-refractivity contribution >= 4 is 0 Å². The molecule has 1 aromatic rings. The number of alkyl halides is 1. The summed E-state index contributed by atoms with van der Waals surface area (Å²) in [6.07, 6.45) is 1.12. The minimum absolute atomic E-state index is 0.196. The van der Waals surface area contributed by atoms with Crippen molar-refractivity contribution in [2.45, 2.75) is 32.9 Å². The summed E-state index contributed by atoms with van der Waals surface area (Å²) in [7, 11) is 0. The minimum atomic E-state index is -0.790. The van der Waals surface area contributed by atoms with Gasteiger partial charge in [-0.1, -0.05) is 23.8 Å². The minimum Gasteiger partial charge on any atom is -0.317 e. The Balaban J connectivity index is 2.18. The first-order chi connectivity index (χ1) is 7.68. The van der Waals surface area contributed by atoms with E-state index in [1.807, 2.05) is 32.0 Å². The van der Waals surface area contributed by atoms with Gasteiger partial charge in [-0.2, -0.15) is 0 Å². The first-order valence-corrected chi connectivity index (χ1v) is 6.10. The van der Waals surface area contributed by atoms with Crippen molar-refractivity contribution in [1.29, 1.82) is 0 Å². The van der Waals surface area contributed by atoms with E-state index in [-0.39, 0.29) is 5.92 Å². The van der Waals surface area contributed by atoms with E-state index in [0.717, 1.165) is 42.6 Å². The molecule has 88 valence electrons. The molecule has 0 bridgehead atoms. The molecule has 0 radical (unpaired) electrons. The summed E-state index contributed by atoms with van der Waals surface area (Å²) in [6.45, 7) is 5.94. The van der Waals surface area contributed by atoms with E-state index in [1.165, 1.54) is 0 Å². The number of nitrogens with one attached hydrogen (secondary N) is 1. The van der Waals surface area contributed by atoms with Crippen molar-refractivity contribution in [2.75, 3.05) is 13.1 Å². The largest absolute Gasteiger partial charge is 0.317 e. The Morgan fingerprint density at radius 1 is 1.25 bits per heavy atom. The van der Waals surface area contributed by atoms with Crippen LogP contribution in [0.5, 0.6) is 0 Å². The summed E-state index contributed by atoms with van der Waals surface area (Å²) in [5.74, 6) is 0.196. The lowest BCUT2D eigenvalue weighted by molar-refractivity contribution is 0.189. The summed E-state index contributed by atoms with van der Waals surface area (Å²) < 4.78 is 14.4. The van der Waals surface area contributed by atoms with Gasteiger partial charge < -0.3 is 5.32 Å². The predicted molar refractivity (Wildman–Crippen MR) is 65.4 cm³/mol. The molecule has 1 N–H and O–H groups in total. The normalized spacial score (nSPS) is 19.7. The molecule has 0 spiro atoms. The number of rotatable bonds is 2. The van der Waals surface area contributed by atoms with Crippen LogP contribution in [-0.4, -0.2) is 13.1 Å². The SMILES string of the molecule is Cc1ccc(C)c(C(F)C2CCNCC2)c1. The molecule has 0 aliphatic carbocycles. The van der Waals surface area contributed by atoms with Gasteiger partial charge in [-0.25, -0.2) is 4.39 Å². The Labute approximate surface area is 97.1 Å². The van der Waals surface area contributed by atoms with Crippen LogP contribution < -0.4 is 5.32 Å². The highest BCUT2D eigenvalue weighted by Gasteiger charge is 2.25. The topological polar surface area (TPSA) is 12.0 Å². The number of hydrogen-bond donors (Lipinski definition) is 1. The number of aryl methyl sites for hydroxylation is 2. The molecular formula is C14H20FN. The van der Waals surface area contributed by atoms with Gasteiger partial charge >= 0.3 is 0 Å². The van der Waals surface area contributed by atoms with Crippen molar-refractivity contribution in [2.24, 2.45) is 5.92 Å². The van der Waals surface area contributed by atoms with E-state index in [9.17, 15) is 4.39 Å². The molecule has 0 amide bonds. The molecule has 1 aromatic carbocycles. The van der Waals surface area contributed by atoms with Crippen LogP contribution in [0.25, 0.3) is 0 Å². The fourth-order valence-electron chi connectivity index (χ4n) is 2.45. The standard InChI is InChI=1S/C14H20FN/c1-10-3-4-11(2)13(9-10)14(15)12-5-7-16-8-6-12/h3-4,9,12,14,16H,5-8H2,1-2H3. The molecule has 1 aliphatic heterocycles. The third-order valence-electron chi connectivity index (χ3n) is 3.53. The predicted octanol–water partition coefficient (Wildman–Crippen LogP) is 3.31. The lowest BCUT2D eigenvalue weighted by Gasteiger charge is -2.27. The van der Waals surface area contributed by atoms with Crippen LogP contribution in [0, 0.1) is 19.8 Å². The van der Waals surface area contributed by atoms with Gasteiger partial charge in [0.1, 0.15) is 6.17 Å². The van der Waals surface area contributed by atoms with Crippen LogP contribution in [0.2, 0.25) is 0 Å². The Bertz CT molecular complexity index is 356. The van der Waals surface area contributed by atoms with Crippen LogP contribution in [0.4, 0.5) is 4.39 Å². The number of hydrogen-bond acceptors (Lipinski definition) is 1. The maximum Gasteiger partial charge on any atom is 0.128 e. The number of piperidine rings is 1. The fraction of sp³-hybridized carbons (Fsp3) is 0.571. The van der Waals surface area contributed by atoms with E-state index in [4.69, 9.17) is 0 Å². The van der Waals surface area contributed by atoms with Gasteiger partial charge in [-0.3, -0.25) is 0 Å². The molecule has 1 unspecified atom stereocenters. The highest BCUT2D eigenvalue weighted by molar-refractivity contribution is 5.32. The van der Waals surface area contributed by atoms with E-state index >= 15 is 0 Å². The fourth-order valence-corrected chi connectivity index (χ4v) is 2.45. The molecule has 1 nitrogen and oxygen atoms in total. The van der Waals surface area contributed by atoms with Gasteiger partial charge in [0.25, 0.3) is 0 Å². The molecule has 1 fully saturated rings. The molecule has 2 rings (SSSR count). The number of benzene rings is 1. The molecular weight excluding hydrogens is 201 g/mol. The second kappa shape index (κ2) is 4.96. The van der Waals surface area contributed by atoms with Gasteiger partial charge in [-0.05, 0) is 56.8 Å². The van der Waals surface area contributed by atoms with Gasteiger partial charge in [0, 0.05) is 0 Å². The lowest BCUT2D eigenvalue weighted by atomic mass is 9.87. The van der Waals surface area contributed by atoms with Crippen molar-refractivity contribution in [3.8, 4) is 0 Å². The average molecular weight is 221 g/mol. The summed E-state index contributed by atoms with van der Waals surface area (Å²) in [6, 6.07) is 6.08. The molecule has 1 saturated heterocycles. The van der Waals surface area contributed by atoms with Crippen LogP contribution in [0.1, 0.15) is 35.7 Å². The first-order valence-electron chi connectivity index (χ1n) is 6.10. The third kappa shape index (κ3) is 2.43. The summed E-state index contributed by atoms with van der Waals surface area (Å²) in [5.41, 5.74) is 3.13. The lowest BCUT2D eigenvalue weighted by Crippen LogP contribution is -2.30. The Kier molecular flexibility index (Phi) is 3.59. The van der Waals surface area contributed by atoms with Crippen LogP contribution in [-0.2, 0) is 0 Å². The molecule has 1 aliphatic rings. The average Bonchev–Trinajstić information content (AvgIpc) is 2.32. The smallest absolute Gasteiger partial charge is 0.128 e. The molecule has 0 aromatic heterocycles. The zero-order chi connectivity index (χ0) is 11.5. The van der Waals surface area contributed by atoms with Crippen molar-refractivity contribution in [3.05, 3.63) is 34.9 Å². The molecule has 1 heterocycles. The summed E-state index contributed by atoms with van der Waals surface area (Å²) in [5, 5.41) is 3.28. The second-order valence-electron chi connectivity index (χ2n) is 4.85. The van der Waals surface area contributed by atoms with E-state index in [2.05, 4.69) is 5.32 Å². The molecule has 16 heavy (non-hydrogen) atoms. The second-order valence-corrected chi connectivity index (χ2v) is 4.85. The maximum atomic E-state index is 14.4. The number of halogens is 1. The zero-order valence-corrected chi connectivity index (χ0v) is 10.1. The monoisotopic (exact) mass is 221 g/mol. The van der Waals surface area contributed by atoms with E-state index < -0.39 is 6.17 Å². The Morgan fingerprint density at radius 2 is 1.94 bits per heavy atom. The Hall–Kier alpha value is -0.890. The summed E-state index contributed by atoms with van der Waals surface area (Å²) >= 11 is 0. The van der Waals surface area contributed by atoms with Gasteiger partial charge in [0.2, 0.25) is 0 Å². The zero-order valence-electron chi connectivity index (χ0n) is 10.1. The van der Waals surface area contributed by atoms with Crippen LogP contribution in [0.15, 0.2) is 18.2 Å². The van der Waals surface area contributed by atoms with Gasteiger partial charge in [0.05, 0.1) is 0 Å². The molecule has 2 heteroatoms. The molecule has 0 saturated carbocycles.